The van der Waals surface area contributed by atoms with E-state index in [2.05, 4.69) is 5.32 Å². The summed E-state index contributed by atoms with van der Waals surface area (Å²) < 4.78 is 16.4. The maximum Gasteiger partial charge on any atom is 0.338 e. The van der Waals surface area contributed by atoms with Crippen molar-refractivity contribution in [2.45, 2.75) is 18.6 Å². The average Bonchev–Trinajstić information content (AvgIpc) is 3.47. The van der Waals surface area contributed by atoms with Crippen molar-refractivity contribution < 1.29 is 28.6 Å². The van der Waals surface area contributed by atoms with E-state index in [0.29, 0.717) is 23.5 Å². The summed E-state index contributed by atoms with van der Waals surface area (Å²) in [4.78, 5) is 40.4. The van der Waals surface area contributed by atoms with E-state index in [1.165, 1.54) is 0 Å². The molecule has 0 saturated carbocycles. The molecule has 1 spiro atoms. The van der Waals surface area contributed by atoms with Crippen LogP contribution >= 0.6 is 0 Å². The fraction of sp³-hybridized carbons (Fsp3) is 0.320. The van der Waals surface area contributed by atoms with E-state index in [9.17, 15) is 14.4 Å². The zero-order chi connectivity index (χ0) is 23.2. The van der Waals surface area contributed by atoms with Gasteiger partial charge in [0, 0.05) is 11.4 Å². The van der Waals surface area contributed by atoms with Crippen molar-refractivity contribution in [1.29, 1.82) is 0 Å². The monoisotopic (exact) mass is 448 g/mol. The largest absolute Gasteiger partial charge is 0.497 e. The Bertz CT molecular complexity index is 1140. The predicted molar refractivity (Wildman–Crippen MR) is 120 cm³/mol. The van der Waals surface area contributed by atoms with Crippen molar-refractivity contribution in [3.63, 3.8) is 0 Å². The molecule has 4 atom stereocenters. The van der Waals surface area contributed by atoms with E-state index >= 15 is 0 Å². The molecule has 3 heterocycles. The topological polar surface area (TPSA) is 94.2 Å². The average molecular weight is 448 g/mol. The van der Waals surface area contributed by atoms with Crippen molar-refractivity contribution in [2.24, 2.45) is 11.8 Å². The third-order valence-electron chi connectivity index (χ3n) is 6.43. The Morgan fingerprint density at radius 2 is 2.00 bits per heavy atom. The normalized spacial score (nSPS) is 26.9. The lowest BCUT2D eigenvalue weighted by Crippen LogP contribution is -2.41. The maximum atomic E-state index is 13.4. The summed E-state index contributed by atoms with van der Waals surface area (Å²) in [6.45, 7) is 2.34. The molecule has 170 valence electrons. The summed E-state index contributed by atoms with van der Waals surface area (Å²) in [6, 6.07) is 13.8. The van der Waals surface area contributed by atoms with Gasteiger partial charge in [-0.15, -0.1) is 0 Å². The first-order valence-electron chi connectivity index (χ1n) is 10.9. The van der Waals surface area contributed by atoms with Crippen LogP contribution in [0.4, 0.5) is 11.4 Å². The van der Waals surface area contributed by atoms with Crippen LogP contribution in [0.3, 0.4) is 0 Å². The molecule has 1 N–H and O–H groups in total. The number of hydrogen-bond acceptors (Lipinski definition) is 6. The number of nitrogens with zero attached hydrogens (tertiary/aromatic N) is 1. The fourth-order valence-corrected chi connectivity index (χ4v) is 4.94. The van der Waals surface area contributed by atoms with Crippen molar-refractivity contribution >= 4 is 29.2 Å². The molecular formula is C25H24N2O6. The number of esters is 1. The standard InChI is InChI=1S/C25H24N2O6/c1-3-32-24(30)15-5-4-6-16(13-15)26-22(28)20-19-11-12-25(33-19)14-27(23(29)21(20)25)17-7-9-18(31-2)10-8-17/h4-13,19-21H,3,14H2,1-2H3,(H,26,28)/t19-,20?,21?,25-/m1/s1. The fourth-order valence-electron chi connectivity index (χ4n) is 4.94. The van der Waals surface area contributed by atoms with Gasteiger partial charge in [0.15, 0.2) is 0 Å². The summed E-state index contributed by atoms with van der Waals surface area (Å²) >= 11 is 0. The second-order valence-electron chi connectivity index (χ2n) is 8.31. The first-order valence-corrected chi connectivity index (χ1v) is 10.9. The second kappa shape index (κ2) is 8.04. The van der Waals surface area contributed by atoms with Gasteiger partial charge in [0.2, 0.25) is 11.8 Å². The van der Waals surface area contributed by atoms with Crippen LogP contribution < -0.4 is 15.0 Å². The molecule has 33 heavy (non-hydrogen) atoms. The number of ether oxygens (including phenoxy) is 3. The number of methoxy groups -OCH3 is 1. The van der Waals surface area contributed by atoms with E-state index in [-0.39, 0.29) is 18.4 Å². The van der Waals surface area contributed by atoms with Gasteiger partial charge in [0.05, 0.1) is 43.8 Å². The number of fused-ring (bicyclic) bond motifs is 1. The summed E-state index contributed by atoms with van der Waals surface area (Å²) in [5.41, 5.74) is 0.712. The summed E-state index contributed by atoms with van der Waals surface area (Å²) in [7, 11) is 1.59. The molecule has 2 unspecified atom stereocenters. The van der Waals surface area contributed by atoms with Crippen LogP contribution in [0.1, 0.15) is 17.3 Å². The third-order valence-corrected chi connectivity index (χ3v) is 6.43. The minimum absolute atomic E-state index is 0.146. The van der Waals surface area contributed by atoms with Crippen molar-refractivity contribution in [3.05, 3.63) is 66.2 Å². The quantitative estimate of drug-likeness (QED) is 0.540. The maximum absolute atomic E-state index is 13.4. The second-order valence-corrected chi connectivity index (χ2v) is 8.31. The highest BCUT2D eigenvalue weighted by Crippen LogP contribution is 2.52. The summed E-state index contributed by atoms with van der Waals surface area (Å²) in [6.07, 6.45) is 3.31. The molecule has 2 saturated heterocycles. The molecule has 2 fully saturated rings. The molecule has 0 radical (unpaired) electrons. The van der Waals surface area contributed by atoms with Gasteiger partial charge in [-0.3, -0.25) is 9.59 Å². The van der Waals surface area contributed by atoms with E-state index < -0.39 is 29.5 Å². The Kier molecular flexibility index (Phi) is 5.17. The van der Waals surface area contributed by atoms with Gasteiger partial charge in [0.1, 0.15) is 11.4 Å². The number of hydrogen-bond donors (Lipinski definition) is 1. The smallest absolute Gasteiger partial charge is 0.338 e. The predicted octanol–water partition coefficient (Wildman–Crippen LogP) is 2.80. The lowest BCUT2D eigenvalue weighted by atomic mass is 9.76. The van der Waals surface area contributed by atoms with Crippen molar-refractivity contribution in [2.75, 3.05) is 30.5 Å². The van der Waals surface area contributed by atoms with Crippen LogP contribution in [0.5, 0.6) is 5.75 Å². The number of anilines is 2. The van der Waals surface area contributed by atoms with Crippen LogP contribution in [0.2, 0.25) is 0 Å². The minimum Gasteiger partial charge on any atom is -0.497 e. The van der Waals surface area contributed by atoms with Gasteiger partial charge in [-0.05, 0) is 49.4 Å². The molecule has 3 aliphatic heterocycles. The molecule has 2 amide bonds. The number of carbonyl (C=O) groups is 3. The highest BCUT2D eigenvalue weighted by atomic mass is 16.5. The van der Waals surface area contributed by atoms with E-state index in [4.69, 9.17) is 14.2 Å². The zero-order valence-electron chi connectivity index (χ0n) is 18.3. The van der Waals surface area contributed by atoms with Gasteiger partial charge >= 0.3 is 5.97 Å². The third kappa shape index (κ3) is 3.47. The van der Waals surface area contributed by atoms with Gasteiger partial charge in [0.25, 0.3) is 0 Å². The van der Waals surface area contributed by atoms with E-state index in [1.54, 1.807) is 55.3 Å². The minimum atomic E-state index is -0.823. The summed E-state index contributed by atoms with van der Waals surface area (Å²) in [5, 5.41) is 2.86. The van der Waals surface area contributed by atoms with Gasteiger partial charge in [-0.25, -0.2) is 4.79 Å². The van der Waals surface area contributed by atoms with Crippen LogP contribution in [-0.4, -0.2) is 49.8 Å². The number of carbonyl (C=O) groups excluding carboxylic acids is 3. The number of amides is 2. The highest BCUT2D eigenvalue weighted by molar-refractivity contribution is 6.05. The molecule has 8 nitrogen and oxygen atoms in total. The van der Waals surface area contributed by atoms with E-state index in [0.717, 1.165) is 5.69 Å². The molecule has 2 bridgehead atoms. The van der Waals surface area contributed by atoms with Gasteiger partial charge < -0.3 is 24.4 Å². The molecule has 0 aliphatic carbocycles. The molecule has 2 aromatic rings. The molecule has 3 aliphatic rings. The lowest BCUT2D eigenvalue weighted by molar-refractivity contribution is -0.128. The van der Waals surface area contributed by atoms with Crippen LogP contribution in [-0.2, 0) is 19.1 Å². The van der Waals surface area contributed by atoms with Crippen LogP contribution in [0, 0.1) is 11.8 Å². The first-order chi connectivity index (χ1) is 16.0. The Hall–Kier alpha value is -3.65. The highest BCUT2D eigenvalue weighted by Gasteiger charge is 2.67. The Balaban J connectivity index is 1.37. The van der Waals surface area contributed by atoms with Crippen LogP contribution in [0.25, 0.3) is 0 Å². The molecule has 2 aromatic carbocycles. The Morgan fingerprint density at radius 3 is 2.73 bits per heavy atom. The molecular weight excluding hydrogens is 424 g/mol. The molecule has 5 rings (SSSR count). The van der Waals surface area contributed by atoms with Crippen LogP contribution in [0.15, 0.2) is 60.7 Å². The van der Waals surface area contributed by atoms with Crippen molar-refractivity contribution in [3.8, 4) is 5.75 Å². The molecule has 0 aromatic heterocycles. The lowest BCUT2D eigenvalue weighted by Gasteiger charge is -2.23. The van der Waals surface area contributed by atoms with Crippen molar-refractivity contribution in [1.82, 2.24) is 0 Å². The number of nitrogens with one attached hydrogen (secondary N) is 1. The zero-order valence-corrected chi connectivity index (χ0v) is 18.3. The SMILES string of the molecule is CCOC(=O)c1cccc(NC(=O)C2C3C(=O)N(c4ccc(OC)cc4)C[C@]34C=C[C@H]2O4)c1. The Labute approximate surface area is 191 Å². The first kappa shape index (κ1) is 21.2. The van der Waals surface area contributed by atoms with Gasteiger partial charge in [-0.2, -0.15) is 0 Å². The van der Waals surface area contributed by atoms with Gasteiger partial charge in [-0.1, -0.05) is 18.2 Å². The number of benzene rings is 2. The summed E-state index contributed by atoms with van der Waals surface area (Å²) in [5.74, 6) is -1.52. The molecule has 8 heteroatoms. The van der Waals surface area contributed by atoms with E-state index in [1.807, 2.05) is 24.3 Å². The Morgan fingerprint density at radius 1 is 1.21 bits per heavy atom. The number of rotatable bonds is 6.